The zero-order chi connectivity index (χ0) is 17.2. The summed E-state index contributed by atoms with van der Waals surface area (Å²) in [5, 5.41) is 20.1. The number of aliphatic hydroxyl groups excluding tert-OH is 1. The van der Waals surface area contributed by atoms with Gasteiger partial charge in [-0.1, -0.05) is 43.2 Å². The van der Waals surface area contributed by atoms with E-state index in [0.717, 1.165) is 18.4 Å². The lowest BCUT2D eigenvalue weighted by Crippen LogP contribution is -2.57. The zero-order valence-corrected chi connectivity index (χ0v) is 13.6. The Hall–Kier alpha value is -2.14. The Morgan fingerprint density at radius 2 is 1.92 bits per heavy atom. The number of amides is 1. The number of hydrogen-bond acceptors (Lipinski definition) is 3. The van der Waals surface area contributed by atoms with E-state index in [1.54, 1.807) is 11.0 Å². The largest absolute Gasteiger partial charge is 0.481 e. The monoisotopic (exact) mass is 329 g/mol. The third kappa shape index (κ3) is 3.51. The van der Waals surface area contributed by atoms with Crippen molar-refractivity contribution in [1.82, 2.24) is 4.90 Å². The maximum atomic E-state index is 12.5. The fraction of sp³-hybridized carbons (Fsp3) is 0.474. The maximum absolute atomic E-state index is 12.5. The number of carbonyl (C=O) groups is 2. The van der Waals surface area contributed by atoms with Gasteiger partial charge in [0.15, 0.2) is 0 Å². The molecule has 2 N–H and O–H groups in total. The van der Waals surface area contributed by atoms with E-state index in [2.05, 4.69) is 0 Å². The first-order valence-corrected chi connectivity index (χ1v) is 8.45. The predicted octanol–water partition coefficient (Wildman–Crippen LogP) is 2.16. The summed E-state index contributed by atoms with van der Waals surface area (Å²) in [4.78, 5) is 25.9. The van der Waals surface area contributed by atoms with E-state index in [1.165, 1.54) is 6.08 Å². The Morgan fingerprint density at radius 1 is 1.21 bits per heavy atom. The lowest BCUT2D eigenvalue weighted by atomic mass is 9.73. The Kier molecular flexibility index (Phi) is 4.71. The van der Waals surface area contributed by atoms with Crippen LogP contribution < -0.4 is 0 Å². The summed E-state index contributed by atoms with van der Waals surface area (Å²) in [6.45, 7) is 0.469. The first kappa shape index (κ1) is 16.7. The van der Waals surface area contributed by atoms with Crippen molar-refractivity contribution in [2.45, 2.75) is 31.8 Å². The Balaban J connectivity index is 1.72. The zero-order valence-electron chi connectivity index (χ0n) is 13.6. The Labute approximate surface area is 141 Å². The average molecular weight is 329 g/mol. The number of hydrogen-bond donors (Lipinski definition) is 2. The molecule has 1 heterocycles. The van der Waals surface area contributed by atoms with Crippen LogP contribution in [0, 0.1) is 11.3 Å². The van der Waals surface area contributed by atoms with Gasteiger partial charge >= 0.3 is 5.97 Å². The molecule has 1 aromatic rings. The molecule has 24 heavy (non-hydrogen) atoms. The maximum Gasteiger partial charge on any atom is 0.314 e. The molecule has 1 amide bonds. The lowest BCUT2D eigenvalue weighted by molar-refractivity contribution is -0.166. The van der Waals surface area contributed by atoms with Crippen molar-refractivity contribution in [3.63, 3.8) is 0 Å². The SMILES string of the molecule is O=C(/C=C/c1ccccc1)N1CC[C@@H](O)[C@@](CC2CC2)(C(=O)O)C1. The molecule has 5 heteroatoms. The van der Waals surface area contributed by atoms with Gasteiger partial charge in [-0.2, -0.15) is 0 Å². The van der Waals surface area contributed by atoms with E-state index in [9.17, 15) is 19.8 Å². The van der Waals surface area contributed by atoms with E-state index < -0.39 is 17.5 Å². The van der Waals surface area contributed by atoms with Gasteiger partial charge in [-0.15, -0.1) is 0 Å². The topological polar surface area (TPSA) is 77.8 Å². The van der Waals surface area contributed by atoms with Gasteiger partial charge in [-0.05, 0) is 30.4 Å². The molecule has 5 nitrogen and oxygen atoms in total. The minimum atomic E-state index is -1.23. The molecular formula is C19H23NO4. The quantitative estimate of drug-likeness (QED) is 0.812. The number of carbonyl (C=O) groups excluding carboxylic acids is 1. The average Bonchev–Trinajstić information content (AvgIpc) is 3.39. The van der Waals surface area contributed by atoms with E-state index >= 15 is 0 Å². The van der Waals surface area contributed by atoms with Crippen molar-refractivity contribution in [2.75, 3.05) is 13.1 Å². The van der Waals surface area contributed by atoms with Crippen molar-refractivity contribution in [3.8, 4) is 0 Å². The number of carboxylic acids is 1. The smallest absolute Gasteiger partial charge is 0.314 e. The standard InChI is InChI=1S/C19H23NO4/c21-16-10-11-20(13-19(16,18(23)24)12-15-6-7-15)17(22)9-8-14-4-2-1-3-5-14/h1-5,8-9,15-16,21H,6-7,10-13H2,(H,23,24)/b9-8+/t16-,19+/m1/s1. The van der Waals surface area contributed by atoms with Crippen molar-refractivity contribution >= 4 is 18.0 Å². The minimum absolute atomic E-state index is 0.0813. The number of rotatable bonds is 5. The number of nitrogens with zero attached hydrogens (tertiary/aromatic N) is 1. The summed E-state index contributed by atoms with van der Waals surface area (Å²) in [6.07, 6.45) is 5.12. The van der Waals surface area contributed by atoms with Crippen LogP contribution in [0.3, 0.4) is 0 Å². The molecule has 128 valence electrons. The van der Waals surface area contributed by atoms with Crippen LogP contribution in [0.15, 0.2) is 36.4 Å². The molecule has 1 saturated carbocycles. The van der Waals surface area contributed by atoms with Crippen molar-refractivity contribution < 1.29 is 19.8 Å². The van der Waals surface area contributed by atoms with E-state index in [-0.39, 0.29) is 12.5 Å². The van der Waals surface area contributed by atoms with Crippen LogP contribution in [-0.2, 0) is 9.59 Å². The van der Waals surface area contributed by atoms with E-state index in [0.29, 0.717) is 25.3 Å². The molecule has 2 fully saturated rings. The summed E-state index contributed by atoms with van der Waals surface area (Å²) in [6, 6.07) is 9.50. The Morgan fingerprint density at radius 3 is 2.54 bits per heavy atom. The van der Waals surface area contributed by atoms with E-state index in [4.69, 9.17) is 0 Å². The van der Waals surface area contributed by atoms with Gasteiger partial charge in [-0.3, -0.25) is 9.59 Å². The summed E-state index contributed by atoms with van der Waals surface area (Å²) < 4.78 is 0. The summed E-state index contributed by atoms with van der Waals surface area (Å²) >= 11 is 0. The molecule has 2 aliphatic rings. The summed E-state index contributed by atoms with van der Waals surface area (Å²) in [5.74, 6) is -0.829. The van der Waals surface area contributed by atoms with Gasteiger partial charge in [0.25, 0.3) is 0 Å². The van der Waals surface area contributed by atoms with Gasteiger partial charge in [-0.25, -0.2) is 0 Å². The summed E-state index contributed by atoms with van der Waals surface area (Å²) in [7, 11) is 0. The predicted molar refractivity (Wildman–Crippen MR) is 90.1 cm³/mol. The molecular weight excluding hydrogens is 306 g/mol. The number of aliphatic hydroxyl groups is 1. The van der Waals surface area contributed by atoms with Crippen LogP contribution in [-0.4, -0.2) is 46.2 Å². The lowest BCUT2D eigenvalue weighted by Gasteiger charge is -2.43. The molecule has 0 unspecified atom stereocenters. The van der Waals surface area contributed by atoms with Crippen molar-refractivity contribution in [2.24, 2.45) is 11.3 Å². The first-order valence-electron chi connectivity index (χ1n) is 8.45. The molecule has 0 aromatic heterocycles. The van der Waals surface area contributed by atoms with Crippen LogP contribution in [0.25, 0.3) is 6.08 Å². The molecule has 0 spiro atoms. The highest BCUT2D eigenvalue weighted by atomic mass is 16.4. The van der Waals surface area contributed by atoms with Gasteiger partial charge < -0.3 is 15.1 Å². The number of likely N-dealkylation sites (tertiary alicyclic amines) is 1. The Bertz CT molecular complexity index is 638. The molecule has 1 saturated heterocycles. The van der Waals surface area contributed by atoms with Crippen molar-refractivity contribution in [1.29, 1.82) is 0 Å². The minimum Gasteiger partial charge on any atom is -0.481 e. The highest BCUT2D eigenvalue weighted by Gasteiger charge is 2.52. The molecule has 1 aromatic carbocycles. The van der Waals surface area contributed by atoms with Crippen LogP contribution in [0.1, 0.15) is 31.2 Å². The van der Waals surface area contributed by atoms with Crippen molar-refractivity contribution in [3.05, 3.63) is 42.0 Å². The highest BCUT2D eigenvalue weighted by Crippen LogP contribution is 2.45. The molecule has 2 atom stereocenters. The number of carboxylic acid groups (broad SMARTS) is 1. The second kappa shape index (κ2) is 6.77. The van der Waals surface area contributed by atoms with Crippen LogP contribution in [0.4, 0.5) is 0 Å². The molecule has 0 bridgehead atoms. The second-order valence-corrected chi connectivity index (χ2v) is 6.92. The van der Waals surface area contributed by atoms with Crippen LogP contribution >= 0.6 is 0 Å². The normalized spacial score (nSPS) is 27.4. The fourth-order valence-corrected chi connectivity index (χ4v) is 3.44. The number of piperidine rings is 1. The molecule has 0 radical (unpaired) electrons. The van der Waals surface area contributed by atoms with Gasteiger partial charge in [0.2, 0.25) is 5.91 Å². The van der Waals surface area contributed by atoms with Crippen LogP contribution in [0.5, 0.6) is 0 Å². The van der Waals surface area contributed by atoms with Gasteiger partial charge in [0, 0.05) is 19.2 Å². The highest BCUT2D eigenvalue weighted by molar-refractivity contribution is 5.92. The molecule has 1 aliphatic heterocycles. The van der Waals surface area contributed by atoms with Gasteiger partial charge in [0.05, 0.1) is 6.10 Å². The van der Waals surface area contributed by atoms with Gasteiger partial charge in [0.1, 0.15) is 5.41 Å². The first-order chi connectivity index (χ1) is 11.5. The third-order valence-corrected chi connectivity index (χ3v) is 5.09. The van der Waals surface area contributed by atoms with Crippen LogP contribution in [0.2, 0.25) is 0 Å². The number of benzene rings is 1. The third-order valence-electron chi connectivity index (χ3n) is 5.09. The molecule has 1 aliphatic carbocycles. The molecule has 3 rings (SSSR count). The number of aliphatic carboxylic acids is 1. The summed E-state index contributed by atoms with van der Waals surface area (Å²) in [5.41, 5.74) is -0.305. The van der Waals surface area contributed by atoms with E-state index in [1.807, 2.05) is 30.3 Å². The fourth-order valence-electron chi connectivity index (χ4n) is 3.44. The second-order valence-electron chi connectivity index (χ2n) is 6.92.